The van der Waals surface area contributed by atoms with Crippen LogP contribution in [0.1, 0.15) is 17.0 Å². The van der Waals surface area contributed by atoms with Crippen LogP contribution in [-0.4, -0.2) is 27.5 Å². The Bertz CT molecular complexity index is 1040. The molecule has 0 aliphatic carbocycles. The van der Waals surface area contributed by atoms with Crippen LogP contribution >= 0.6 is 0 Å². The monoisotopic (exact) mass is 382 g/mol. The quantitative estimate of drug-likeness (QED) is 0.451. The molecule has 0 amide bonds. The predicted octanol–water partition coefficient (Wildman–Crippen LogP) is 3.14. The van der Waals surface area contributed by atoms with Gasteiger partial charge in [-0.2, -0.15) is 5.10 Å². The fraction of sp³-hybridized carbons (Fsp3) is 0.150. The first-order valence-corrected chi connectivity index (χ1v) is 8.55. The summed E-state index contributed by atoms with van der Waals surface area (Å²) in [4.78, 5) is 4.40. The molecule has 0 saturated heterocycles. The molecule has 6 nitrogen and oxygen atoms in total. The van der Waals surface area contributed by atoms with Crippen LogP contribution < -0.4 is 11.1 Å². The minimum atomic E-state index is -0.643. The van der Waals surface area contributed by atoms with E-state index < -0.39 is 5.82 Å². The molecule has 4 N–H and O–H groups in total. The van der Waals surface area contributed by atoms with Crippen molar-refractivity contribution in [3.05, 3.63) is 71.1 Å². The molecule has 0 bridgehead atoms. The Morgan fingerprint density at radius 2 is 1.96 bits per heavy atom. The lowest BCUT2D eigenvalue weighted by atomic mass is 10.0. The maximum Gasteiger partial charge on any atom is 0.181 e. The molecule has 0 fully saturated rings. The molecule has 1 heterocycles. The molecule has 0 radical (unpaired) electrons. The molecule has 0 aliphatic rings. The van der Waals surface area contributed by atoms with E-state index in [-0.39, 0.29) is 22.8 Å². The van der Waals surface area contributed by atoms with Crippen LogP contribution in [0.4, 0.5) is 14.5 Å². The van der Waals surface area contributed by atoms with Gasteiger partial charge in [-0.15, -0.1) is 0 Å². The van der Waals surface area contributed by atoms with Gasteiger partial charge in [-0.1, -0.05) is 18.2 Å². The minimum absolute atomic E-state index is 0.0222. The molecule has 144 valence electrons. The number of halogens is 2. The van der Waals surface area contributed by atoms with E-state index in [1.54, 1.807) is 43.1 Å². The van der Waals surface area contributed by atoms with E-state index in [9.17, 15) is 8.78 Å². The summed E-state index contributed by atoms with van der Waals surface area (Å²) in [7, 11) is 3.55. The average molecular weight is 382 g/mol. The number of anilines is 1. The predicted molar refractivity (Wildman–Crippen MR) is 106 cm³/mol. The topological polar surface area (TPSA) is 92.6 Å². The highest BCUT2D eigenvalue weighted by Gasteiger charge is 2.15. The number of aromatic nitrogens is 3. The van der Waals surface area contributed by atoms with Gasteiger partial charge in [0, 0.05) is 18.2 Å². The number of aryl methyl sites for hydroxylation is 1. The number of hydrogen-bond donors (Lipinski definition) is 3. The summed E-state index contributed by atoms with van der Waals surface area (Å²) < 4.78 is 29.0. The molecule has 0 unspecified atom stereocenters. The van der Waals surface area contributed by atoms with E-state index >= 15 is 0 Å². The Morgan fingerprint density at radius 1 is 1.25 bits per heavy atom. The van der Waals surface area contributed by atoms with Crippen molar-refractivity contribution >= 4 is 17.5 Å². The summed E-state index contributed by atoms with van der Waals surface area (Å²) in [5.74, 6) is 0.0626. The highest BCUT2D eigenvalue weighted by Crippen LogP contribution is 2.26. The number of allylic oxidation sites excluding steroid dienone is 1. The largest absolute Gasteiger partial charge is 0.396 e. The van der Waals surface area contributed by atoms with Gasteiger partial charge in [0.1, 0.15) is 17.5 Å². The molecule has 0 aliphatic heterocycles. The van der Waals surface area contributed by atoms with Gasteiger partial charge in [0.2, 0.25) is 0 Å². The van der Waals surface area contributed by atoms with Crippen LogP contribution in [-0.2, 0) is 13.6 Å². The second kappa shape index (κ2) is 8.10. The Hall–Kier alpha value is -3.39. The standard InChI is InChI=1S/C20H20F2N6/c1-25-11-18-26-20(27-28(18)2)13-9-15(19(24)16(22)10-13)17(23)8-5-12-3-6-14(21)7-4-12/h3-10,23,25H,11,24H2,1-2H3/b8-5+,23-17?. The molecule has 28 heavy (non-hydrogen) atoms. The zero-order valence-corrected chi connectivity index (χ0v) is 15.5. The molecule has 2 aromatic carbocycles. The van der Waals surface area contributed by atoms with Crippen molar-refractivity contribution in [3.63, 3.8) is 0 Å². The number of nitrogens with two attached hydrogens (primary N) is 1. The minimum Gasteiger partial charge on any atom is -0.396 e. The number of nitrogen functional groups attached to an aromatic ring is 1. The van der Waals surface area contributed by atoms with Gasteiger partial charge in [-0.3, -0.25) is 4.68 Å². The third-order valence-electron chi connectivity index (χ3n) is 4.18. The van der Waals surface area contributed by atoms with Gasteiger partial charge < -0.3 is 16.5 Å². The lowest BCUT2D eigenvalue weighted by molar-refractivity contribution is 0.627. The number of benzene rings is 2. The van der Waals surface area contributed by atoms with Crippen LogP contribution in [0.3, 0.4) is 0 Å². The zero-order valence-electron chi connectivity index (χ0n) is 15.5. The SMILES string of the molecule is CNCc1nc(-c2cc(F)c(N)c(C(=N)/C=C/c3ccc(F)cc3)c2)nn1C. The van der Waals surface area contributed by atoms with E-state index in [4.69, 9.17) is 11.1 Å². The molecule has 3 rings (SSSR count). The van der Waals surface area contributed by atoms with Crippen molar-refractivity contribution in [2.24, 2.45) is 7.05 Å². The van der Waals surface area contributed by atoms with Gasteiger partial charge in [0.05, 0.1) is 17.9 Å². The van der Waals surface area contributed by atoms with Crippen molar-refractivity contribution in [3.8, 4) is 11.4 Å². The van der Waals surface area contributed by atoms with Crippen LogP contribution in [0, 0.1) is 17.0 Å². The zero-order chi connectivity index (χ0) is 20.3. The Balaban J connectivity index is 1.94. The summed E-state index contributed by atoms with van der Waals surface area (Å²) in [6, 6.07) is 8.67. The van der Waals surface area contributed by atoms with E-state index in [2.05, 4.69) is 15.4 Å². The smallest absolute Gasteiger partial charge is 0.181 e. The normalized spacial score (nSPS) is 11.3. The third kappa shape index (κ3) is 4.12. The molecule has 0 atom stereocenters. The van der Waals surface area contributed by atoms with Gasteiger partial charge in [0.25, 0.3) is 0 Å². The Morgan fingerprint density at radius 3 is 2.64 bits per heavy atom. The fourth-order valence-electron chi connectivity index (χ4n) is 2.66. The molecule has 3 aromatic rings. The molecule has 0 spiro atoms. The second-order valence-electron chi connectivity index (χ2n) is 6.22. The molecule has 0 saturated carbocycles. The van der Waals surface area contributed by atoms with Gasteiger partial charge in [0.15, 0.2) is 5.82 Å². The first-order valence-electron chi connectivity index (χ1n) is 8.55. The number of rotatable bonds is 6. The van der Waals surface area contributed by atoms with Crippen molar-refractivity contribution in [1.29, 1.82) is 5.41 Å². The van der Waals surface area contributed by atoms with E-state index in [1.807, 2.05) is 0 Å². The first kappa shape index (κ1) is 19.4. The highest BCUT2D eigenvalue weighted by molar-refractivity contribution is 6.12. The lowest BCUT2D eigenvalue weighted by Gasteiger charge is -2.08. The van der Waals surface area contributed by atoms with Crippen LogP contribution in [0.15, 0.2) is 42.5 Å². The van der Waals surface area contributed by atoms with Gasteiger partial charge in [-0.25, -0.2) is 13.8 Å². The fourth-order valence-corrected chi connectivity index (χ4v) is 2.66. The lowest BCUT2D eigenvalue weighted by Crippen LogP contribution is -2.10. The maximum absolute atomic E-state index is 14.4. The summed E-state index contributed by atoms with van der Waals surface area (Å²) in [5.41, 5.74) is 7.12. The van der Waals surface area contributed by atoms with Crippen molar-refractivity contribution in [2.75, 3.05) is 12.8 Å². The Labute approximate surface area is 161 Å². The van der Waals surface area contributed by atoms with Crippen molar-refractivity contribution in [1.82, 2.24) is 20.1 Å². The highest BCUT2D eigenvalue weighted by atomic mass is 19.1. The summed E-state index contributed by atoms with van der Waals surface area (Å²) in [6.07, 6.45) is 3.12. The first-order chi connectivity index (χ1) is 13.4. The number of hydrogen-bond acceptors (Lipinski definition) is 5. The van der Waals surface area contributed by atoms with Gasteiger partial charge >= 0.3 is 0 Å². The summed E-state index contributed by atoms with van der Waals surface area (Å²) >= 11 is 0. The Kier molecular flexibility index (Phi) is 5.60. The second-order valence-corrected chi connectivity index (χ2v) is 6.22. The summed E-state index contributed by atoms with van der Waals surface area (Å²) in [6.45, 7) is 0.518. The van der Waals surface area contributed by atoms with Crippen molar-refractivity contribution < 1.29 is 8.78 Å². The molecular formula is C20H20F2N6. The third-order valence-corrected chi connectivity index (χ3v) is 4.18. The number of nitrogens with zero attached hydrogens (tertiary/aromatic N) is 3. The average Bonchev–Trinajstić information content (AvgIpc) is 3.04. The van der Waals surface area contributed by atoms with Crippen LogP contribution in [0.25, 0.3) is 17.5 Å². The van der Waals surface area contributed by atoms with Gasteiger partial charge in [-0.05, 0) is 43.0 Å². The maximum atomic E-state index is 14.4. The van der Waals surface area contributed by atoms with Crippen LogP contribution in [0.2, 0.25) is 0 Å². The van der Waals surface area contributed by atoms with Crippen molar-refractivity contribution in [2.45, 2.75) is 6.54 Å². The number of nitrogens with one attached hydrogen (secondary N) is 2. The molecule has 8 heteroatoms. The van der Waals surface area contributed by atoms with E-state index in [1.165, 1.54) is 24.3 Å². The molecular weight excluding hydrogens is 362 g/mol. The van der Waals surface area contributed by atoms with E-state index in [0.717, 1.165) is 0 Å². The van der Waals surface area contributed by atoms with E-state index in [0.29, 0.717) is 29.3 Å². The molecule has 1 aromatic heterocycles. The summed E-state index contributed by atoms with van der Waals surface area (Å²) in [5, 5.41) is 15.6. The van der Waals surface area contributed by atoms with Crippen LogP contribution in [0.5, 0.6) is 0 Å².